The van der Waals surface area contributed by atoms with Gasteiger partial charge in [0.1, 0.15) is 0 Å². The van der Waals surface area contributed by atoms with E-state index in [9.17, 15) is 8.42 Å². The molecule has 0 atom stereocenters. The lowest BCUT2D eigenvalue weighted by molar-refractivity contribution is 0.0730. The highest BCUT2D eigenvalue weighted by Crippen LogP contribution is 2.25. The molecule has 1 aliphatic rings. The van der Waals surface area contributed by atoms with Gasteiger partial charge in [-0.25, -0.2) is 13.4 Å². The fraction of sp³-hybridized carbons (Fsp3) is 0.222. The zero-order valence-corrected chi connectivity index (χ0v) is 20.9. The molecule has 0 spiro atoms. The number of morpholine rings is 1. The summed E-state index contributed by atoms with van der Waals surface area (Å²) in [5, 5.41) is 2.10. The standard InChI is InChI=1S/C27H27N3O3S2/c31-35(32,29-17-19-33-20-18-29)25-13-11-23(12-14-25)26-21-34-27(28-24-9-5-2-6-10-24)30(26)16-15-22-7-3-1-4-8-22/h1-14,21H,15-20H2. The normalized spacial score (nSPS) is 15.4. The summed E-state index contributed by atoms with van der Waals surface area (Å²) in [6.45, 7) is 2.40. The van der Waals surface area contributed by atoms with Crippen LogP contribution in [0, 0.1) is 0 Å². The topological polar surface area (TPSA) is 63.9 Å². The van der Waals surface area contributed by atoms with Crippen LogP contribution in [-0.2, 0) is 27.7 Å². The maximum atomic E-state index is 13.0. The van der Waals surface area contributed by atoms with E-state index >= 15 is 0 Å². The number of para-hydroxylation sites is 1. The molecule has 0 unspecified atom stereocenters. The number of hydrogen-bond acceptors (Lipinski definition) is 5. The van der Waals surface area contributed by atoms with Gasteiger partial charge in [0.05, 0.1) is 29.5 Å². The van der Waals surface area contributed by atoms with E-state index < -0.39 is 10.0 Å². The molecule has 1 fully saturated rings. The van der Waals surface area contributed by atoms with E-state index in [1.807, 2.05) is 48.5 Å². The van der Waals surface area contributed by atoms with Crippen molar-refractivity contribution in [1.29, 1.82) is 0 Å². The van der Waals surface area contributed by atoms with Crippen LogP contribution in [0.1, 0.15) is 5.56 Å². The molecule has 5 rings (SSSR count). The van der Waals surface area contributed by atoms with Crippen LogP contribution >= 0.6 is 11.3 Å². The van der Waals surface area contributed by atoms with Crippen molar-refractivity contribution in [3.05, 3.63) is 101 Å². The molecule has 0 saturated carbocycles. The van der Waals surface area contributed by atoms with Gasteiger partial charge in [-0.2, -0.15) is 4.31 Å². The van der Waals surface area contributed by atoms with Crippen molar-refractivity contribution >= 4 is 27.0 Å². The van der Waals surface area contributed by atoms with Gasteiger partial charge in [0, 0.05) is 25.0 Å². The van der Waals surface area contributed by atoms with Crippen LogP contribution in [0.25, 0.3) is 11.3 Å². The first-order valence-corrected chi connectivity index (χ1v) is 13.9. The summed E-state index contributed by atoms with van der Waals surface area (Å²) in [4.78, 5) is 6.10. The van der Waals surface area contributed by atoms with Crippen LogP contribution in [0.4, 0.5) is 5.69 Å². The van der Waals surface area contributed by atoms with E-state index in [1.54, 1.807) is 23.5 Å². The summed E-state index contributed by atoms with van der Waals surface area (Å²) in [6.07, 6.45) is 0.871. The molecule has 8 heteroatoms. The van der Waals surface area contributed by atoms with E-state index in [0.29, 0.717) is 31.2 Å². The van der Waals surface area contributed by atoms with Gasteiger partial charge < -0.3 is 9.30 Å². The SMILES string of the molecule is O=S(=O)(c1ccc(-c2csc(=Nc3ccccc3)n2CCc2ccccc2)cc1)N1CCOCC1. The van der Waals surface area contributed by atoms with Crippen molar-refractivity contribution < 1.29 is 13.2 Å². The third kappa shape index (κ3) is 5.46. The maximum Gasteiger partial charge on any atom is 0.243 e. The Morgan fingerprint density at radius 1 is 0.857 bits per heavy atom. The number of thiazole rings is 1. The number of ether oxygens (including phenoxy) is 1. The average Bonchev–Trinajstić information content (AvgIpc) is 3.31. The van der Waals surface area contributed by atoms with Gasteiger partial charge in [-0.3, -0.25) is 0 Å². The van der Waals surface area contributed by atoms with Gasteiger partial charge in [-0.05, 0) is 41.8 Å². The van der Waals surface area contributed by atoms with Crippen LogP contribution in [0.2, 0.25) is 0 Å². The number of sulfonamides is 1. The molecule has 0 amide bonds. The van der Waals surface area contributed by atoms with Gasteiger partial charge in [0.2, 0.25) is 10.0 Å². The van der Waals surface area contributed by atoms with Crippen LogP contribution in [0.3, 0.4) is 0 Å². The summed E-state index contributed by atoms with van der Waals surface area (Å²) in [5.41, 5.74) is 4.15. The Morgan fingerprint density at radius 2 is 1.51 bits per heavy atom. The van der Waals surface area contributed by atoms with Crippen molar-refractivity contribution in [2.75, 3.05) is 26.3 Å². The van der Waals surface area contributed by atoms with E-state index in [-0.39, 0.29) is 0 Å². The second kappa shape index (κ2) is 10.7. The Hall–Kier alpha value is -3.04. The Labute approximate surface area is 209 Å². The lowest BCUT2D eigenvalue weighted by Gasteiger charge is -2.26. The predicted molar refractivity (Wildman–Crippen MR) is 139 cm³/mol. The molecular formula is C27H27N3O3S2. The highest BCUT2D eigenvalue weighted by Gasteiger charge is 2.26. The zero-order valence-electron chi connectivity index (χ0n) is 19.3. The first kappa shape index (κ1) is 23.7. The number of aromatic nitrogens is 1. The molecule has 1 aliphatic heterocycles. The summed E-state index contributed by atoms with van der Waals surface area (Å²) in [6, 6.07) is 27.5. The van der Waals surface area contributed by atoms with Gasteiger partial charge in [-0.1, -0.05) is 60.7 Å². The van der Waals surface area contributed by atoms with E-state index in [2.05, 4.69) is 34.2 Å². The van der Waals surface area contributed by atoms with Crippen molar-refractivity contribution in [2.24, 2.45) is 4.99 Å². The summed E-state index contributed by atoms with van der Waals surface area (Å²) in [5.74, 6) is 0. The minimum absolute atomic E-state index is 0.309. The number of nitrogens with zero attached hydrogens (tertiary/aromatic N) is 3. The number of benzene rings is 3. The van der Waals surface area contributed by atoms with Crippen molar-refractivity contribution in [2.45, 2.75) is 17.9 Å². The molecular weight excluding hydrogens is 478 g/mol. The lowest BCUT2D eigenvalue weighted by atomic mass is 10.1. The van der Waals surface area contributed by atoms with Crippen LogP contribution in [0.5, 0.6) is 0 Å². The van der Waals surface area contributed by atoms with Crippen LogP contribution < -0.4 is 4.80 Å². The molecule has 4 aromatic rings. The molecule has 0 N–H and O–H groups in total. The highest BCUT2D eigenvalue weighted by molar-refractivity contribution is 7.89. The van der Waals surface area contributed by atoms with E-state index in [4.69, 9.17) is 9.73 Å². The smallest absolute Gasteiger partial charge is 0.243 e. The second-order valence-electron chi connectivity index (χ2n) is 8.28. The van der Waals surface area contributed by atoms with Gasteiger partial charge in [0.25, 0.3) is 0 Å². The monoisotopic (exact) mass is 505 g/mol. The van der Waals surface area contributed by atoms with E-state index in [0.717, 1.165) is 34.7 Å². The molecule has 1 saturated heterocycles. The molecule has 35 heavy (non-hydrogen) atoms. The van der Waals surface area contributed by atoms with Crippen molar-refractivity contribution in [3.63, 3.8) is 0 Å². The fourth-order valence-electron chi connectivity index (χ4n) is 4.10. The molecule has 0 aliphatic carbocycles. The number of hydrogen-bond donors (Lipinski definition) is 0. The third-order valence-corrected chi connectivity index (χ3v) is 8.78. The molecule has 3 aromatic carbocycles. The maximum absolute atomic E-state index is 13.0. The molecule has 2 heterocycles. The molecule has 1 aromatic heterocycles. The summed E-state index contributed by atoms with van der Waals surface area (Å²) < 4.78 is 35.1. The molecule has 0 bridgehead atoms. The van der Waals surface area contributed by atoms with E-state index in [1.165, 1.54) is 9.87 Å². The average molecular weight is 506 g/mol. The Morgan fingerprint density at radius 3 is 2.20 bits per heavy atom. The Balaban J connectivity index is 1.48. The summed E-state index contributed by atoms with van der Waals surface area (Å²) >= 11 is 1.59. The predicted octanol–water partition coefficient (Wildman–Crippen LogP) is 4.71. The van der Waals surface area contributed by atoms with Crippen LogP contribution in [0.15, 0.2) is 100 Å². The second-order valence-corrected chi connectivity index (χ2v) is 11.1. The van der Waals surface area contributed by atoms with Crippen LogP contribution in [-0.4, -0.2) is 43.6 Å². The zero-order chi connectivity index (χ0) is 24.1. The minimum Gasteiger partial charge on any atom is -0.379 e. The fourth-order valence-corrected chi connectivity index (χ4v) is 6.46. The van der Waals surface area contributed by atoms with Crippen molar-refractivity contribution in [1.82, 2.24) is 8.87 Å². The Kier molecular flexibility index (Phi) is 7.24. The Bertz CT molecular complexity index is 1420. The van der Waals surface area contributed by atoms with Gasteiger partial charge in [0.15, 0.2) is 4.80 Å². The van der Waals surface area contributed by atoms with Crippen molar-refractivity contribution in [3.8, 4) is 11.3 Å². The quantitative estimate of drug-likeness (QED) is 0.365. The number of rotatable bonds is 7. The number of aryl methyl sites for hydroxylation is 1. The minimum atomic E-state index is -3.52. The first-order chi connectivity index (χ1) is 17.1. The molecule has 180 valence electrons. The third-order valence-electron chi connectivity index (χ3n) is 6.00. The largest absolute Gasteiger partial charge is 0.379 e. The van der Waals surface area contributed by atoms with Gasteiger partial charge in [-0.15, -0.1) is 11.3 Å². The molecule has 0 radical (unpaired) electrons. The summed E-state index contributed by atoms with van der Waals surface area (Å²) in [7, 11) is -3.52. The highest BCUT2D eigenvalue weighted by atomic mass is 32.2. The lowest BCUT2D eigenvalue weighted by Crippen LogP contribution is -2.40. The van der Waals surface area contributed by atoms with Gasteiger partial charge >= 0.3 is 0 Å². The first-order valence-electron chi connectivity index (χ1n) is 11.6. The molecule has 6 nitrogen and oxygen atoms in total.